The van der Waals surface area contributed by atoms with Crippen molar-refractivity contribution in [2.45, 2.75) is 44.2 Å². The molecular formula is C27H30N2O4. The molecule has 1 atom stereocenters. The normalized spacial score (nSPS) is 17.6. The van der Waals surface area contributed by atoms with Crippen LogP contribution in [0.3, 0.4) is 0 Å². The maximum absolute atomic E-state index is 12.7. The van der Waals surface area contributed by atoms with Gasteiger partial charge in [-0.05, 0) is 41.7 Å². The number of carbonyl (C=O) groups excluding carboxylic acids is 2. The highest BCUT2D eigenvalue weighted by Gasteiger charge is 2.38. The second-order valence-corrected chi connectivity index (χ2v) is 8.57. The molecule has 172 valence electrons. The Morgan fingerprint density at radius 3 is 2.52 bits per heavy atom. The van der Waals surface area contributed by atoms with Crippen LogP contribution in [0.25, 0.3) is 10.8 Å². The Morgan fingerprint density at radius 1 is 1.00 bits per heavy atom. The van der Waals surface area contributed by atoms with Crippen molar-refractivity contribution >= 4 is 22.6 Å². The van der Waals surface area contributed by atoms with Crippen molar-refractivity contribution in [1.29, 1.82) is 0 Å². The first-order valence-corrected chi connectivity index (χ1v) is 11.3. The lowest BCUT2D eigenvalue weighted by Gasteiger charge is -2.30. The predicted molar refractivity (Wildman–Crippen MR) is 128 cm³/mol. The SMILES string of the molecule is COc1cccc(CNC(=O)CCC2(Cc3cccc4ccccc34)CCC(=O)N2)c1OC. The highest BCUT2D eigenvalue weighted by atomic mass is 16.5. The summed E-state index contributed by atoms with van der Waals surface area (Å²) < 4.78 is 10.8. The predicted octanol–water partition coefficient (Wildman–Crippen LogP) is 4.14. The minimum absolute atomic E-state index is 0.0526. The lowest BCUT2D eigenvalue weighted by molar-refractivity contribution is -0.122. The van der Waals surface area contributed by atoms with Gasteiger partial charge in [0.1, 0.15) is 0 Å². The van der Waals surface area contributed by atoms with Crippen LogP contribution in [0, 0.1) is 0 Å². The first-order chi connectivity index (χ1) is 16.0. The maximum Gasteiger partial charge on any atom is 0.220 e. The number of carbonyl (C=O) groups is 2. The number of para-hydroxylation sites is 1. The van der Waals surface area contributed by atoms with Gasteiger partial charge >= 0.3 is 0 Å². The summed E-state index contributed by atoms with van der Waals surface area (Å²) in [5.41, 5.74) is 1.63. The van der Waals surface area contributed by atoms with Crippen LogP contribution in [-0.2, 0) is 22.6 Å². The molecule has 3 aromatic rings. The van der Waals surface area contributed by atoms with Crippen LogP contribution in [0.1, 0.15) is 36.8 Å². The Balaban J connectivity index is 1.43. The van der Waals surface area contributed by atoms with E-state index in [2.05, 4.69) is 41.0 Å². The van der Waals surface area contributed by atoms with Crippen molar-refractivity contribution in [3.8, 4) is 11.5 Å². The van der Waals surface area contributed by atoms with E-state index in [4.69, 9.17) is 9.47 Å². The molecule has 1 heterocycles. The number of amides is 2. The van der Waals surface area contributed by atoms with E-state index in [9.17, 15) is 9.59 Å². The minimum Gasteiger partial charge on any atom is -0.493 e. The molecule has 2 amide bonds. The molecule has 1 fully saturated rings. The quantitative estimate of drug-likeness (QED) is 0.518. The summed E-state index contributed by atoms with van der Waals surface area (Å²) in [6.45, 7) is 0.349. The molecule has 4 rings (SSSR count). The van der Waals surface area contributed by atoms with Gasteiger partial charge in [-0.25, -0.2) is 0 Å². The number of hydrogen-bond donors (Lipinski definition) is 2. The number of benzene rings is 3. The molecule has 0 radical (unpaired) electrons. The van der Waals surface area contributed by atoms with Crippen LogP contribution in [0.2, 0.25) is 0 Å². The van der Waals surface area contributed by atoms with Crippen LogP contribution in [0.15, 0.2) is 60.7 Å². The monoisotopic (exact) mass is 446 g/mol. The van der Waals surface area contributed by atoms with Crippen LogP contribution in [-0.4, -0.2) is 31.6 Å². The first kappa shape index (κ1) is 22.6. The Hall–Kier alpha value is -3.54. The van der Waals surface area contributed by atoms with E-state index in [1.807, 2.05) is 30.3 Å². The molecule has 1 saturated heterocycles. The van der Waals surface area contributed by atoms with Crippen molar-refractivity contribution in [2.24, 2.45) is 0 Å². The van der Waals surface area contributed by atoms with Gasteiger partial charge in [-0.2, -0.15) is 0 Å². The molecule has 0 aromatic heterocycles. The zero-order valence-electron chi connectivity index (χ0n) is 19.1. The van der Waals surface area contributed by atoms with Gasteiger partial charge in [0, 0.05) is 30.5 Å². The third-order valence-corrected chi connectivity index (χ3v) is 6.44. The fourth-order valence-corrected chi connectivity index (χ4v) is 4.72. The lowest BCUT2D eigenvalue weighted by Crippen LogP contribution is -2.44. The van der Waals surface area contributed by atoms with Crippen molar-refractivity contribution in [3.05, 3.63) is 71.8 Å². The average molecular weight is 447 g/mol. The molecule has 0 saturated carbocycles. The smallest absolute Gasteiger partial charge is 0.220 e. The molecule has 1 unspecified atom stereocenters. The Kier molecular flexibility index (Phi) is 6.82. The van der Waals surface area contributed by atoms with Crippen molar-refractivity contribution < 1.29 is 19.1 Å². The van der Waals surface area contributed by atoms with Crippen molar-refractivity contribution in [2.75, 3.05) is 14.2 Å². The standard InChI is InChI=1S/C27H30N2O4/c1-32-23-12-6-10-21(26(23)33-2)18-28-24(30)13-15-27(16-14-25(31)29-27)17-20-9-5-8-19-7-3-4-11-22(19)20/h3-12H,13-18H2,1-2H3,(H,28,30)(H,29,31). The van der Waals surface area contributed by atoms with Gasteiger partial charge in [0.05, 0.1) is 14.2 Å². The number of hydrogen-bond acceptors (Lipinski definition) is 4. The van der Waals surface area contributed by atoms with Crippen molar-refractivity contribution in [3.63, 3.8) is 0 Å². The van der Waals surface area contributed by atoms with E-state index in [0.29, 0.717) is 43.7 Å². The highest BCUT2D eigenvalue weighted by molar-refractivity contribution is 5.86. The van der Waals surface area contributed by atoms with Crippen LogP contribution < -0.4 is 20.1 Å². The van der Waals surface area contributed by atoms with E-state index < -0.39 is 5.54 Å². The van der Waals surface area contributed by atoms with Gasteiger partial charge in [0.25, 0.3) is 0 Å². The number of ether oxygens (including phenoxy) is 2. The molecule has 1 aliphatic rings. The molecule has 6 heteroatoms. The fraction of sp³-hybridized carbons (Fsp3) is 0.333. The second kappa shape index (κ2) is 9.94. The summed E-state index contributed by atoms with van der Waals surface area (Å²) in [7, 11) is 3.18. The lowest BCUT2D eigenvalue weighted by atomic mass is 9.83. The Morgan fingerprint density at radius 2 is 1.76 bits per heavy atom. The summed E-state index contributed by atoms with van der Waals surface area (Å²) in [6.07, 6.45) is 2.84. The number of rotatable bonds is 9. The van der Waals surface area contributed by atoms with Crippen molar-refractivity contribution in [1.82, 2.24) is 10.6 Å². The van der Waals surface area contributed by atoms with Gasteiger partial charge in [-0.1, -0.05) is 54.6 Å². The van der Waals surface area contributed by atoms with E-state index in [0.717, 1.165) is 12.0 Å². The van der Waals surface area contributed by atoms with E-state index >= 15 is 0 Å². The molecule has 3 aromatic carbocycles. The average Bonchev–Trinajstić information content (AvgIpc) is 3.21. The van der Waals surface area contributed by atoms with Gasteiger partial charge in [0.2, 0.25) is 11.8 Å². The van der Waals surface area contributed by atoms with E-state index in [1.54, 1.807) is 14.2 Å². The zero-order chi connectivity index (χ0) is 23.3. The number of nitrogens with one attached hydrogen (secondary N) is 2. The van der Waals surface area contributed by atoms with Gasteiger partial charge < -0.3 is 20.1 Å². The third kappa shape index (κ3) is 5.11. The molecular weight excluding hydrogens is 416 g/mol. The highest BCUT2D eigenvalue weighted by Crippen LogP contribution is 2.33. The molecule has 2 N–H and O–H groups in total. The van der Waals surface area contributed by atoms with E-state index in [-0.39, 0.29) is 11.8 Å². The summed E-state index contributed by atoms with van der Waals surface area (Å²) in [5.74, 6) is 1.25. The minimum atomic E-state index is -0.411. The van der Waals surface area contributed by atoms with Crippen LogP contribution in [0.5, 0.6) is 11.5 Å². The number of methoxy groups -OCH3 is 2. The fourth-order valence-electron chi connectivity index (χ4n) is 4.72. The molecule has 33 heavy (non-hydrogen) atoms. The Labute approximate surface area is 194 Å². The second-order valence-electron chi connectivity index (χ2n) is 8.57. The number of fused-ring (bicyclic) bond motifs is 1. The summed E-state index contributed by atoms with van der Waals surface area (Å²) in [4.78, 5) is 24.9. The summed E-state index contributed by atoms with van der Waals surface area (Å²) in [6, 6.07) is 20.1. The topological polar surface area (TPSA) is 76.7 Å². The van der Waals surface area contributed by atoms with E-state index in [1.165, 1.54) is 16.3 Å². The van der Waals surface area contributed by atoms with Crippen LogP contribution >= 0.6 is 0 Å². The largest absolute Gasteiger partial charge is 0.493 e. The van der Waals surface area contributed by atoms with Crippen LogP contribution in [0.4, 0.5) is 0 Å². The first-order valence-electron chi connectivity index (χ1n) is 11.3. The Bertz CT molecular complexity index is 1150. The van der Waals surface area contributed by atoms with Gasteiger partial charge in [-0.15, -0.1) is 0 Å². The molecule has 0 spiro atoms. The molecule has 0 aliphatic carbocycles. The summed E-state index contributed by atoms with van der Waals surface area (Å²) in [5, 5.41) is 8.54. The molecule has 6 nitrogen and oxygen atoms in total. The molecule has 0 bridgehead atoms. The zero-order valence-corrected chi connectivity index (χ0v) is 19.1. The summed E-state index contributed by atoms with van der Waals surface area (Å²) >= 11 is 0. The maximum atomic E-state index is 12.7. The third-order valence-electron chi connectivity index (χ3n) is 6.44. The van der Waals surface area contributed by atoms with Gasteiger partial charge in [0.15, 0.2) is 11.5 Å². The van der Waals surface area contributed by atoms with Gasteiger partial charge in [-0.3, -0.25) is 9.59 Å². The molecule has 1 aliphatic heterocycles.